The van der Waals surface area contributed by atoms with Gasteiger partial charge in [-0.25, -0.2) is 9.78 Å². The van der Waals surface area contributed by atoms with Gasteiger partial charge >= 0.3 is 5.97 Å². The SMILES string of the molecule is COC(=O)c1cc(OC(C)C)c2cc(Cl)c(OC)cc2n1. The molecule has 0 aliphatic rings. The maximum atomic E-state index is 11.7. The van der Waals surface area contributed by atoms with Crippen molar-refractivity contribution in [1.82, 2.24) is 4.98 Å². The first-order valence-corrected chi connectivity index (χ1v) is 6.77. The number of fused-ring (bicyclic) bond motifs is 1. The van der Waals surface area contributed by atoms with Crippen LogP contribution in [0.15, 0.2) is 18.2 Å². The predicted octanol–water partition coefficient (Wildman–Crippen LogP) is 3.47. The maximum absolute atomic E-state index is 11.7. The summed E-state index contributed by atoms with van der Waals surface area (Å²) in [5.74, 6) is 0.480. The number of rotatable bonds is 4. The highest BCUT2D eigenvalue weighted by atomic mass is 35.5. The third kappa shape index (κ3) is 3.19. The molecule has 0 bridgehead atoms. The average molecular weight is 310 g/mol. The van der Waals surface area contributed by atoms with Crippen LogP contribution >= 0.6 is 11.6 Å². The van der Waals surface area contributed by atoms with E-state index in [0.29, 0.717) is 27.4 Å². The number of benzene rings is 1. The molecule has 0 amide bonds. The molecular weight excluding hydrogens is 294 g/mol. The summed E-state index contributed by atoms with van der Waals surface area (Å²) in [5.41, 5.74) is 0.722. The Kier molecular flexibility index (Phi) is 4.53. The van der Waals surface area contributed by atoms with Crippen LogP contribution in [0.5, 0.6) is 11.5 Å². The second kappa shape index (κ2) is 6.18. The number of nitrogens with zero attached hydrogens (tertiary/aromatic N) is 1. The average Bonchev–Trinajstić information content (AvgIpc) is 2.45. The highest BCUT2D eigenvalue weighted by Crippen LogP contribution is 2.34. The summed E-state index contributed by atoms with van der Waals surface area (Å²) in [5, 5.41) is 1.16. The van der Waals surface area contributed by atoms with Crippen molar-refractivity contribution in [2.45, 2.75) is 20.0 Å². The summed E-state index contributed by atoms with van der Waals surface area (Å²) in [7, 11) is 2.82. The first kappa shape index (κ1) is 15.4. The number of aromatic nitrogens is 1. The molecule has 0 fully saturated rings. The molecule has 1 aromatic heterocycles. The van der Waals surface area contributed by atoms with Crippen LogP contribution in [0.1, 0.15) is 24.3 Å². The molecule has 2 rings (SSSR count). The Labute approximate surface area is 127 Å². The Morgan fingerprint density at radius 3 is 2.48 bits per heavy atom. The van der Waals surface area contributed by atoms with E-state index in [1.54, 1.807) is 18.2 Å². The lowest BCUT2D eigenvalue weighted by molar-refractivity contribution is 0.0593. The van der Waals surface area contributed by atoms with E-state index in [9.17, 15) is 4.79 Å². The number of carbonyl (C=O) groups is 1. The molecule has 0 unspecified atom stereocenters. The van der Waals surface area contributed by atoms with E-state index in [-0.39, 0.29) is 11.8 Å². The van der Waals surface area contributed by atoms with Crippen LogP contribution < -0.4 is 9.47 Å². The van der Waals surface area contributed by atoms with Crippen molar-refractivity contribution in [3.63, 3.8) is 0 Å². The van der Waals surface area contributed by atoms with Gasteiger partial charge in [-0.1, -0.05) is 11.6 Å². The largest absolute Gasteiger partial charge is 0.495 e. The van der Waals surface area contributed by atoms with Crippen LogP contribution in [0.4, 0.5) is 0 Å². The number of halogens is 1. The first-order valence-electron chi connectivity index (χ1n) is 6.39. The van der Waals surface area contributed by atoms with Gasteiger partial charge in [-0.2, -0.15) is 0 Å². The first-order chi connectivity index (χ1) is 9.96. The molecule has 0 atom stereocenters. The van der Waals surface area contributed by atoms with Gasteiger partial charge in [0, 0.05) is 17.5 Å². The molecule has 0 spiro atoms. The summed E-state index contributed by atoms with van der Waals surface area (Å²) in [6.45, 7) is 3.80. The lowest BCUT2D eigenvalue weighted by Gasteiger charge is -2.14. The number of hydrogen-bond acceptors (Lipinski definition) is 5. The van der Waals surface area contributed by atoms with Gasteiger partial charge in [0.2, 0.25) is 0 Å². The molecule has 112 valence electrons. The normalized spacial score (nSPS) is 10.8. The topological polar surface area (TPSA) is 57.7 Å². The number of methoxy groups -OCH3 is 2. The summed E-state index contributed by atoms with van der Waals surface area (Å²) in [4.78, 5) is 16.0. The fraction of sp³-hybridized carbons (Fsp3) is 0.333. The lowest BCUT2D eigenvalue weighted by Crippen LogP contribution is -2.09. The van der Waals surface area contributed by atoms with Crippen molar-refractivity contribution in [3.8, 4) is 11.5 Å². The molecule has 2 aromatic rings. The smallest absolute Gasteiger partial charge is 0.356 e. The zero-order valence-electron chi connectivity index (χ0n) is 12.3. The molecule has 1 heterocycles. The fourth-order valence-electron chi connectivity index (χ4n) is 1.91. The molecule has 6 heteroatoms. The van der Waals surface area contributed by atoms with Crippen molar-refractivity contribution >= 4 is 28.5 Å². The summed E-state index contributed by atoms with van der Waals surface area (Å²) in [6, 6.07) is 4.93. The van der Waals surface area contributed by atoms with E-state index in [2.05, 4.69) is 4.98 Å². The van der Waals surface area contributed by atoms with Crippen LogP contribution in [0.25, 0.3) is 10.9 Å². The highest BCUT2D eigenvalue weighted by molar-refractivity contribution is 6.33. The van der Waals surface area contributed by atoms with E-state index in [1.807, 2.05) is 13.8 Å². The van der Waals surface area contributed by atoms with Crippen molar-refractivity contribution in [2.24, 2.45) is 0 Å². The van der Waals surface area contributed by atoms with Crippen LogP contribution in [0.3, 0.4) is 0 Å². The molecule has 0 saturated carbocycles. The standard InChI is InChI=1S/C15H16ClNO4/c1-8(2)21-13-7-12(15(18)20-4)17-11-6-14(19-3)10(16)5-9(11)13/h5-8H,1-4H3. The molecule has 0 saturated heterocycles. The Hall–Kier alpha value is -2.01. The molecule has 1 aromatic carbocycles. The Bertz CT molecular complexity index is 685. The zero-order chi connectivity index (χ0) is 15.6. The molecule has 0 aliphatic carbocycles. The van der Waals surface area contributed by atoms with Crippen LogP contribution in [0.2, 0.25) is 5.02 Å². The van der Waals surface area contributed by atoms with Crippen LogP contribution in [0, 0.1) is 0 Å². The van der Waals surface area contributed by atoms with Crippen molar-refractivity contribution in [1.29, 1.82) is 0 Å². The number of hydrogen-bond donors (Lipinski definition) is 0. The molecule has 0 aliphatic heterocycles. The van der Waals surface area contributed by atoms with Gasteiger partial charge in [-0.3, -0.25) is 0 Å². The Morgan fingerprint density at radius 2 is 1.90 bits per heavy atom. The number of esters is 1. The van der Waals surface area contributed by atoms with Crippen LogP contribution in [-0.2, 0) is 4.74 Å². The van der Waals surface area contributed by atoms with Crippen LogP contribution in [-0.4, -0.2) is 31.3 Å². The summed E-state index contributed by atoms with van der Waals surface area (Å²) >= 11 is 6.14. The zero-order valence-corrected chi connectivity index (χ0v) is 13.0. The lowest BCUT2D eigenvalue weighted by atomic mass is 10.1. The second-order valence-corrected chi connectivity index (χ2v) is 5.07. The van der Waals surface area contributed by atoms with E-state index >= 15 is 0 Å². The van der Waals surface area contributed by atoms with Gasteiger partial charge in [0.1, 0.15) is 11.5 Å². The van der Waals surface area contributed by atoms with Gasteiger partial charge in [0.15, 0.2) is 5.69 Å². The minimum Gasteiger partial charge on any atom is -0.495 e. The minimum atomic E-state index is -0.528. The molecule has 0 N–H and O–H groups in total. The van der Waals surface area contributed by atoms with Crippen molar-refractivity contribution in [2.75, 3.05) is 14.2 Å². The minimum absolute atomic E-state index is 0.0537. The van der Waals surface area contributed by atoms with Crippen molar-refractivity contribution < 1.29 is 19.0 Å². The highest BCUT2D eigenvalue weighted by Gasteiger charge is 2.16. The molecular formula is C15H16ClNO4. The number of pyridine rings is 1. The molecule has 21 heavy (non-hydrogen) atoms. The monoisotopic (exact) mass is 309 g/mol. The quantitative estimate of drug-likeness (QED) is 0.809. The van der Waals surface area contributed by atoms with E-state index in [1.165, 1.54) is 14.2 Å². The maximum Gasteiger partial charge on any atom is 0.356 e. The van der Waals surface area contributed by atoms with Crippen molar-refractivity contribution in [3.05, 3.63) is 28.9 Å². The molecule has 5 nitrogen and oxygen atoms in total. The van der Waals surface area contributed by atoms with E-state index in [0.717, 1.165) is 0 Å². The third-order valence-electron chi connectivity index (χ3n) is 2.80. The summed E-state index contributed by atoms with van der Waals surface area (Å²) < 4.78 is 15.6. The Morgan fingerprint density at radius 1 is 1.19 bits per heavy atom. The molecule has 0 radical (unpaired) electrons. The van der Waals surface area contributed by atoms with Gasteiger partial charge in [-0.05, 0) is 19.9 Å². The van der Waals surface area contributed by atoms with Gasteiger partial charge in [0.25, 0.3) is 0 Å². The van der Waals surface area contributed by atoms with Gasteiger partial charge < -0.3 is 14.2 Å². The fourth-order valence-corrected chi connectivity index (χ4v) is 2.15. The van der Waals surface area contributed by atoms with E-state index in [4.69, 9.17) is 25.8 Å². The van der Waals surface area contributed by atoms with Gasteiger partial charge in [0.05, 0.1) is 30.9 Å². The second-order valence-electron chi connectivity index (χ2n) is 4.67. The third-order valence-corrected chi connectivity index (χ3v) is 3.10. The number of carbonyl (C=O) groups excluding carboxylic acids is 1. The predicted molar refractivity (Wildman–Crippen MR) is 80.4 cm³/mol. The van der Waals surface area contributed by atoms with E-state index < -0.39 is 5.97 Å². The number of ether oxygens (including phenoxy) is 3. The summed E-state index contributed by atoms with van der Waals surface area (Å²) in [6.07, 6.45) is -0.0537. The van der Waals surface area contributed by atoms with Gasteiger partial charge in [-0.15, -0.1) is 0 Å². The Balaban J connectivity index is 2.71.